The molecule has 2 aromatic carbocycles. The van der Waals surface area contributed by atoms with Crippen molar-refractivity contribution < 1.29 is 17.2 Å². The normalized spacial score (nSPS) is 11.3. The molecular formula is C13H12F2N2O2S. The van der Waals surface area contributed by atoms with Crippen LogP contribution < -0.4 is 10.5 Å². The molecule has 106 valence electrons. The van der Waals surface area contributed by atoms with Crippen molar-refractivity contribution in [1.29, 1.82) is 0 Å². The summed E-state index contributed by atoms with van der Waals surface area (Å²) in [5.74, 6) is -1.46. The van der Waals surface area contributed by atoms with Crippen molar-refractivity contribution in [2.75, 3.05) is 10.5 Å². The van der Waals surface area contributed by atoms with Crippen LogP contribution in [-0.2, 0) is 10.0 Å². The third-order valence-corrected chi connectivity index (χ3v) is 4.13. The van der Waals surface area contributed by atoms with E-state index in [1.165, 1.54) is 6.07 Å². The summed E-state index contributed by atoms with van der Waals surface area (Å²) in [7, 11) is -4.17. The lowest BCUT2D eigenvalue weighted by atomic mass is 10.2. The highest BCUT2D eigenvalue weighted by Crippen LogP contribution is 2.25. The standard InChI is InChI=1S/C13H12F2N2O2S/c1-8-3-2-4-10(15)13(8)17-20(18,19)12-7-9(14)5-6-11(12)16/h2-7,17H,16H2,1H3. The summed E-state index contributed by atoms with van der Waals surface area (Å²) >= 11 is 0. The fourth-order valence-corrected chi connectivity index (χ4v) is 2.97. The monoisotopic (exact) mass is 298 g/mol. The van der Waals surface area contributed by atoms with Gasteiger partial charge in [-0.2, -0.15) is 0 Å². The van der Waals surface area contributed by atoms with Gasteiger partial charge in [-0.3, -0.25) is 4.72 Å². The van der Waals surface area contributed by atoms with Crippen LogP contribution in [0.2, 0.25) is 0 Å². The molecule has 0 aliphatic rings. The summed E-state index contributed by atoms with van der Waals surface area (Å²) in [5, 5.41) is 0. The minimum absolute atomic E-state index is 0.118. The van der Waals surface area contributed by atoms with Crippen LogP contribution in [0.1, 0.15) is 5.56 Å². The third kappa shape index (κ3) is 2.72. The zero-order chi connectivity index (χ0) is 14.9. The van der Waals surface area contributed by atoms with Crippen LogP contribution in [0.25, 0.3) is 0 Å². The Kier molecular flexibility index (Phi) is 3.63. The zero-order valence-electron chi connectivity index (χ0n) is 10.5. The number of hydrogen-bond donors (Lipinski definition) is 2. The van der Waals surface area contributed by atoms with Crippen LogP contribution in [-0.4, -0.2) is 8.42 Å². The molecule has 0 aliphatic heterocycles. The van der Waals surface area contributed by atoms with Gasteiger partial charge in [0.2, 0.25) is 0 Å². The molecular weight excluding hydrogens is 286 g/mol. The second kappa shape index (κ2) is 5.09. The number of hydrogen-bond acceptors (Lipinski definition) is 3. The van der Waals surface area contributed by atoms with Gasteiger partial charge in [0.15, 0.2) is 0 Å². The molecule has 0 fully saturated rings. The predicted octanol–water partition coefficient (Wildman–Crippen LogP) is 2.66. The summed E-state index contributed by atoms with van der Waals surface area (Å²) in [6.07, 6.45) is 0. The first-order valence-electron chi connectivity index (χ1n) is 5.64. The Bertz CT molecular complexity index is 741. The molecule has 0 bridgehead atoms. The molecule has 0 radical (unpaired) electrons. The number of nitrogens with one attached hydrogen (secondary N) is 1. The molecule has 0 saturated heterocycles. The number of aryl methyl sites for hydroxylation is 1. The van der Waals surface area contributed by atoms with E-state index in [-0.39, 0.29) is 11.4 Å². The van der Waals surface area contributed by atoms with Crippen molar-refractivity contribution in [3.05, 3.63) is 53.6 Å². The van der Waals surface area contributed by atoms with Crippen molar-refractivity contribution in [2.24, 2.45) is 0 Å². The van der Waals surface area contributed by atoms with Crippen LogP contribution in [0.4, 0.5) is 20.2 Å². The number of benzene rings is 2. The van der Waals surface area contributed by atoms with Crippen molar-refractivity contribution in [3.8, 4) is 0 Å². The molecule has 4 nitrogen and oxygen atoms in total. The van der Waals surface area contributed by atoms with Gasteiger partial charge in [-0.05, 0) is 36.8 Å². The lowest BCUT2D eigenvalue weighted by molar-refractivity contribution is 0.594. The highest BCUT2D eigenvalue weighted by Gasteiger charge is 2.20. The molecule has 0 saturated carbocycles. The van der Waals surface area contributed by atoms with E-state index in [0.717, 1.165) is 24.3 Å². The number of anilines is 2. The minimum Gasteiger partial charge on any atom is -0.398 e. The Morgan fingerprint density at radius 3 is 2.50 bits per heavy atom. The van der Waals surface area contributed by atoms with Crippen LogP contribution >= 0.6 is 0 Å². The number of nitrogens with two attached hydrogens (primary N) is 1. The predicted molar refractivity (Wildman–Crippen MR) is 72.8 cm³/mol. The van der Waals surface area contributed by atoms with Crippen molar-refractivity contribution >= 4 is 21.4 Å². The van der Waals surface area contributed by atoms with Gasteiger partial charge in [0, 0.05) is 0 Å². The van der Waals surface area contributed by atoms with Crippen LogP contribution in [0, 0.1) is 18.6 Å². The number of rotatable bonds is 3. The molecule has 3 N–H and O–H groups in total. The van der Waals surface area contributed by atoms with Crippen LogP contribution in [0.15, 0.2) is 41.3 Å². The maximum atomic E-state index is 13.6. The molecule has 20 heavy (non-hydrogen) atoms. The van der Waals surface area contributed by atoms with E-state index in [2.05, 4.69) is 4.72 Å². The molecule has 0 aliphatic carbocycles. The number of para-hydroxylation sites is 1. The number of halogens is 2. The second-order valence-electron chi connectivity index (χ2n) is 4.22. The van der Waals surface area contributed by atoms with E-state index in [9.17, 15) is 17.2 Å². The summed E-state index contributed by atoms with van der Waals surface area (Å²) in [5.41, 5.74) is 5.63. The van der Waals surface area contributed by atoms with E-state index in [0.29, 0.717) is 5.56 Å². The highest BCUT2D eigenvalue weighted by molar-refractivity contribution is 7.92. The summed E-state index contributed by atoms with van der Waals surface area (Å²) in [4.78, 5) is -0.430. The summed E-state index contributed by atoms with van der Waals surface area (Å²) in [6, 6.07) is 7.10. The molecule has 0 atom stereocenters. The van der Waals surface area contributed by atoms with Gasteiger partial charge in [0.1, 0.15) is 16.5 Å². The van der Waals surface area contributed by atoms with E-state index in [1.54, 1.807) is 13.0 Å². The quantitative estimate of drug-likeness (QED) is 0.856. The number of sulfonamides is 1. The first-order valence-corrected chi connectivity index (χ1v) is 7.12. The third-order valence-electron chi connectivity index (χ3n) is 2.72. The van der Waals surface area contributed by atoms with E-state index in [4.69, 9.17) is 5.73 Å². The molecule has 0 unspecified atom stereocenters. The Labute approximate surface area is 115 Å². The largest absolute Gasteiger partial charge is 0.398 e. The highest BCUT2D eigenvalue weighted by atomic mass is 32.2. The molecule has 7 heteroatoms. The number of nitrogen functional groups attached to an aromatic ring is 1. The SMILES string of the molecule is Cc1cccc(F)c1NS(=O)(=O)c1cc(F)ccc1N. The fourth-order valence-electron chi connectivity index (χ4n) is 1.69. The minimum atomic E-state index is -4.17. The van der Waals surface area contributed by atoms with Gasteiger partial charge in [0.05, 0.1) is 11.4 Å². The van der Waals surface area contributed by atoms with Gasteiger partial charge in [-0.1, -0.05) is 12.1 Å². The van der Waals surface area contributed by atoms with Crippen molar-refractivity contribution in [1.82, 2.24) is 0 Å². The second-order valence-corrected chi connectivity index (χ2v) is 5.87. The van der Waals surface area contributed by atoms with E-state index < -0.39 is 26.6 Å². The Morgan fingerprint density at radius 2 is 1.85 bits per heavy atom. The van der Waals surface area contributed by atoms with E-state index in [1.807, 2.05) is 0 Å². The van der Waals surface area contributed by atoms with Gasteiger partial charge in [0.25, 0.3) is 10.0 Å². The molecule has 2 aromatic rings. The molecule has 2 rings (SSSR count). The van der Waals surface area contributed by atoms with Gasteiger partial charge in [-0.25, -0.2) is 17.2 Å². The van der Waals surface area contributed by atoms with Gasteiger partial charge < -0.3 is 5.73 Å². The average Bonchev–Trinajstić information content (AvgIpc) is 2.37. The molecule has 0 aromatic heterocycles. The lowest BCUT2D eigenvalue weighted by Gasteiger charge is -2.12. The first-order chi connectivity index (χ1) is 9.31. The summed E-state index contributed by atoms with van der Waals surface area (Å²) < 4.78 is 53.2. The molecule has 0 amide bonds. The zero-order valence-corrected chi connectivity index (χ0v) is 11.3. The maximum Gasteiger partial charge on any atom is 0.264 e. The maximum absolute atomic E-state index is 13.6. The molecule has 0 heterocycles. The van der Waals surface area contributed by atoms with Gasteiger partial charge >= 0.3 is 0 Å². The Morgan fingerprint density at radius 1 is 1.15 bits per heavy atom. The van der Waals surface area contributed by atoms with Crippen molar-refractivity contribution in [3.63, 3.8) is 0 Å². The smallest absolute Gasteiger partial charge is 0.264 e. The average molecular weight is 298 g/mol. The first kappa shape index (κ1) is 14.3. The van der Waals surface area contributed by atoms with Crippen molar-refractivity contribution in [2.45, 2.75) is 11.8 Å². The van der Waals surface area contributed by atoms with Crippen LogP contribution in [0.3, 0.4) is 0 Å². The Hall–Kier alpha value is -2.15. The fraction of sp³-hybridized carbons (Fsp3) is 0.0769. The Balaban J connectivity index is 2.49. The lowest BCUT2D eigenvalue weighted by Crippen LogP contribution is -2.16. The topological polar surface area (TPSA) is 72.2 Å². The van der Waals surface area contributed by atoms with E-state index >= 15 is 0 Å². The van der Waals surface area contributed by atoms with Gasteiger partial charge in [-0.15, -0.1) is 0 Å². The summed E-state index contributed by atoms with van der Waals surface area (Å²) in [6.45, 7) is 1.55. The molecule has 0 spiro atoms. The van der Waals surface area contributed by atoms with Crippen LogP contribution in [0.5, 0.6) is 0 Å².